The number of aliphatic hydroxyl groups excluding tert-OH is 1. The topological polar surface area (TPSA) is 40.5 Å². The number of hydrogen-bond donors (Lipinski definition) is 1. The Morgan fingerprint density at radius 3 is 2.33 bits per heavy atom. The third-order valence-electron chi connectivity index (χ3n) is 3.32. The first kappa shape index (κ1) is 14.7. The average molecular weight is 249 g/mol. The lowest BCUT2D eigenvalue weighted by molar-refractivity contribution is -0.132. The predicted molar refractivity (Wildman–Crippen MR) is 73.6 cm³/mol. The van der Waals surface area contributed by atoms with E-state index in [0.717, 1.165) is 12.0 Å². The molecule has 1 amide bonds. The second-order valence-electron chi connectivity index (χ2n) is 4.46. The number of benzene rings is 1. The minimum absolute atomic E-state index is 0.0150. The quantitative estimate of drug-likeness (QED) is 0.839. The Morgan fingerprint density at radius 2 is 1.89 bits per heavy atom. The van der Waals surface area contributed by atoms with Gasteiger partial charge in [0.2, 0.25) is 5.91 Å². The Kier molecular flexibility index (Phi) is 5.86. The number of rotatable bonds is 6. The summed E-state index contributed by atoms with van der Waals surface area (Å²) in [6, 6.07) is 8.19. The lowest BCUT2D eigenvalue weighted by Crippen LogP contribution is -2.36. The van der Waals surface area contributed by atoms with E-state index in [1.165, 1.54) is 5.56 Å². The molecule has 0 heterocycles. The van der Waals surface area contributed by atoms with Gasteiger partial charge in [0.25, 0.3) is 0 Å². The van der Waals surface area contributed by atoms with Crippen LogP contribution in [0, 0.1) is 0 Å². The normalized spacial score (nSPS) is 12.2. The summed E-state index contributed by atoms with van der Waals surface area (Å²) in [5.74, 6) is -0.0711. The molecule has 100 valence electrons. The molecule has 0 fully saturated rings. The van der Waals surface area contributed by atoms with Crippen LogP contribution in [0.3, 0.4) is 0 Å². The molecule has 0 bridgehead atoms. The molecule has 0 aliphatic carbocycles. The van der Waals surface area contributed by atoms with Crippen LogP contribution < -0.4 is 0 Å². The maximum absolute atomic E-state index is 12.2. The van der Waals surface area contributed by atoms with E-state index in [2.05, 4.69) is 19.1 Å². The molecule has 18 heavy (non-hydrogen) atoms. The van der Waals surface area contributed by atoms with E-state index in [9.17, 15) is 4.79 Å². The van der Waals surface area contributed by atoms with Gasteiger partial charge >= 0.3 is 0 Å². The van der Waals surface area contributed by atoms with Crippen molar-refractivity contribution in [2.45, 2.75) is 33.1 Å². The molecule has 3 heteroatoms. The van der Waals surface area contributed by atoms with Gasteiger partial charge in [-0.2, -0.15) is 0 Å². The van der Waals surface area contributed by atoms with Crippen molar-refractivity contribution in [2.24, 2.45) is 0 Å². The molecule has 0 spiro atoms. The lowest BCUT2D eigenvalue weighted by Gasteiger charge is -2.23. The van der Waals surface area contributed by atoms with Gasteiger partial charge in [-0.25, -0.2) is 0 Å². The molecule has 1 atom stereocenters. The summed E-state index contributed by atoms with van der Waals surface area (Å²) >= 11 is 0. The molecule has 0 saturated carbocycles. The number of carbonyl (C=O) groups excluding carboxylic acids is 1. The first-order valence-corrected chi connectivity index (χ1v) is 6.62. The zero-order valence-electron chi connectivity index (χ0n) is 11.5. The number of carbonyl (C=O) groups is 1. The van der Waals surface area contributed by atoms with Crippen molar-refractivity contribution in [2.75, 3.05) is 19.7 Å². The van der Waals surface area contributed by atoms with Crippen LogP contribution in [0.25, 0.3) is 0 Å². The fourth-order valence-electron chi connectivity index (χ4n) is 2.00. The highest BCUT2D eigenvalue weighted by Gasteiger charge is 2.20. The van der Waals surface area contributed by atoms with Gasteiger partial charge in [-0.05, 0) is 31.4 Å². The largest absolute Gasteiger partial charge is 0.395 e. The number of hydrogen-bond acceptors (Lipinski definition) is 2. The molecule has 0 radical (unpaired) electrons. The zero-order valence-corrected chi connectivity index (χ0v) is 11.5. The van der Waals surface area contributed by atoms with Crippen LogP contribution >= 0.6 is 0 Å². The molecule has 1 rings (SSSR count). The smallest absolute Gasteiger partial charge is 0.229 e. The first-order chi connectivity index (χ1) is 8.63. The molecule has 0 saturated heterocycles. The molecule has 1 aromatic carbocycles. The Morgan fingerprint density at radius 1 is 1.28 bits per heavy atom. The summed E-state index contributed by atoms with van der Waals surface area (Å²) in [5.41, 5.74) is 2.31. The van der Waals surface area contributed by atoms with Crippen LogP contribution in [0.1, 0.15) is 37.8 Å². The second kappa shape index (κ2) is 7.17. The number of nitrogens with zero attached hydrogens (tertiary/aromatic N) is 1. The molecule has 1 N–H and O–H groups in total. The van der Waals surface area contributed by atoms with Crippen molar-refractivity contribution in [3.63, 3.8) is 0 Å². The van der Waals surface area contributed by atoms with E-state index in [4.69, 9.17) is 5.11 Å². The van der Waals surface area contributed by atoms with E-state index in [1.54, 1.807) is 4.90 Å². The van der Waals surface area contributed by atoms with Gasteiger partial charge in [0.1, 0.15) is 0 Å². The Balaban J connectivity index is 2.78. The van der Waals surface area contributed by atoms with Gasteiger partial charge in [-0.3, -0.25) is 4.79 Å². The van der Waals surface area contributed by atoms with E-state index in [1.807, 2.05) is 26.0 Å². The van der Waals surface area contributed by atoms with Gasteiger partial charge in [-0.15, -0.1) is 0 Å². The number of amides is 1. The van der Waals surface area contributed by atoms with Crippen molar-refractivity contribution in [3.8, 4) is 0 Å². The van der Waals surface area contributed by atoms with Crippen LogP contribution in [0.2, 0.25) is 0 Å². The van der Waals surface area contributed by atoms with E-state index in [0.29, 0.717) is 13.1 Å². The van der Waals surface area contributed by atoms with Gasteiger partial charge in [0.15, 0.2) is 0 Å². The molecule has 1 aromatic rings. The molecular weight excluding hydrogens is 226 g/mol. The molecule has 3 nitrogen and oxygen atoms in total. The predicted octanol–water partition coefficient (Wildman–Crippen LogP) is 2.19. The Labute approximate surface area is 109 Å². The van der Waals surface area contributed by atoms with Crippen molar-refractivity contribution < 1.29 is 9.90 Å². The van der Waals surface area contributed by atoms with Gasteiger partial charge in [-0.1, -0.05) is 31.2 Å². The highest BCUT2D eigenvalue weighted by Crippen LogP contribution is 2.18. The molecular formula is C15H23NO2. The fourth-order valence-corrected chi connectivity index (χ4v) is 2.00. The third-order valence-corrected chi connectivity index (χ3v) is 3.32. The van der Waals surface area contributed by atoms with Crippen LogP contribution in [0.4, 0.5) is 0 Å². The van der Waals surface area contributed by atoms with Gasteiger partial charge in [0.05, 0.1) is 12.5 Å². The Hall–Kier alpha value is -1.35. The standard InChI is InChI=1S/C15H23NO2/c1-4-13-6-8-14(9-7-13)12(3)15(18)16(5-2)10-11-17/h6-9,12,17H,4-5,10-11H2,1-3H3. The summed E-state index contributed by atoms with van der Waals surface area (Å²) < 4.78 is 0. The van der Waals surface area contributed by atoms with E-state index < -0.39 is 0 Å². The molecule has 1 unspecified atom stereocenters. The summed E-state index contributed by atoms with van der Waals surface area (Å²) in [5, 5.41) is 8.94. The molecule has 0 aliphatic rings. The van der Waals surface area contributed by atoms with Crippen LogP contribution in [0.5, 0.6) is 0 Å². The Bertz CT molecular complexity index is 373. The van der Waals surface area contributed by atoms with E-state index in [-0.39, 0.29) is 18.4 Å². The average Bonchev–Trinajstić information content (AvgIpc) is 2.43. The minimum atomic E-state index is -0.151. The number of aliphatic hydroxyl groups is 1. The van der Waals surface area contributed by atoms with Gasteiger partial charge in [0, 0.05) is 13.1 Å². The molecule has 0 aliphatic heterocycles. The summed E-state index contributed by atoms with van der Waals surface area (Å²) in [7, 11) is 0. The highest BCUT2D eigenvalue weighted by atomic mass is 16.3. The summed E-state index contributed by atoms with van der Waals surface area (Å²) in [6.07, 6.45) is 1.01. The van der Waals surface area contributed by atoms with Crippen LogP contribution in [-0.4, -0.2) is 35.6 Å². The fraction of sp³-hybridized carbons (Fsp3) is 0.533. The SMILES string of the molecule is CCc1ccc(C(C)C(=O)N(CC)CCO)cc1. The number of likely N-dealkylation sites (N-methyl/N-ethyl adjacent to an activating group) is 1. The first-order valence-electron chi connectivity index (χ1n) is 6.62. The molecule has 0 aromatic heterocycles. The van der Waals surface area contributed by atoms with Crippen LogP contribution in [0.15, 0.2) is 24.3 Å². The maximum atomic E-state index is 12.2. The van der Waals surface area contributed by atoms with Crippen molar-refractivity contribution >= 4 is 5.91 Å². The highest BCUT2D eigenvalue weighted by molar-refractivity contribution is 5.83. The zero-order chi connectivity index (χ0) is 13.5. The second-order valence-corrected chi connectivity index (χ2v) is 4.46. The minimum Gasteiger partial charge on any atom is -0.395 e. The van der Waals surface area contributed by atoms with Gasteiger partial charge < -0.3 is 10.0 Å². The summed E-state index contributed by atoms with van der Waals surface area (Å²) in [6.45, 7) is 7.03. The van der Waals surface area contributed by atoms with Crippen molar-refractivity contribution in [1.82, 2.24) is 4.90 Å². The van der Waals surface area contributed by atoms with E-state index >= 15 is 0 Å². The van der Waals surface area contributed by atoms with Crippen LogP contribution in [-0.2, 0) is 11.2 Å². The number of aryl methyl sites for hydroxylation is 1. The summed E-state index contributed by atoms with van der Waals surface area (Å²) in [4.78, 5) is 13.9. The van der Waals surface area contributed by atoms with Crippen molar-refractivity contribution in [3.05, 3.63) is 35.4 Å². The lowest BCUT2D eigenvalue weighted by atomic mass is 9.98. The maximum Gasteiger partial charge on any atom is 0.229 e. The third kappa shape index (κ3) is 3.57. The van der Waals surface area contributed by atoms with Crippen molar-refractivity contribution in [1.29, 1.82) is 0 Å². The monoisotopic (exact) mass is 249 g/mol.